The number of nitrogen functional groups attached to an aromatic ring is 1. The zero-order valence-electron chi connectivity index (χ0n) is 14.3. The number of anilines is 1. The van der Waals surface area contributed by atoms with Crippen molar-refractivity contribution in [3.05, 3.63) is 65.9 Å². The van der Waals surface area contributed by atoms with Crippen molar-refractivity contribution in [1.82, 2.24) is 4.98 Å². The van der Waals surface area contributed by atoms with Gasteiger partial charge in [0.2, 0.25) is 5.78 Å². The molecule has 0 atom stereocenters. The molecule has 26 heavy (non-hydrogen) atoms. The summed E-state index contributed by atoms with van der Waals surface area (Å²) in [6, 6.07) is 12.4. The van der Waals surface area contributed by atoms with Crippen LogP contribution in [0.2, 0.25) is 0 Å². The Balaban J connectivity index is 1.81. The fourth-order valence-corrected chi connectivity index (χ4v) is 2.90. The Morgan fingerprint density at radius 3 is 2.73 bits per heavy atom. The first-order valence-corrected chi connectivity index (χ1v) is 8.00. The highest BCUT2D eigenvalue weighted by atomic mass is 16.5. The van der Waals surface area contributed by atoms with E-state index in [0.29, 0.717) is 39.6 Å². The van der Waals surface area contributed by atoms with Crippen LogP contribution in [0.1, 0.15) is 22.0 Å². The van der Waals surface area contributed by atoms with E-state index in [0.717, 1.165) is 5.56 Å². The number of fused-ring (bicyclic) bond motifs is 1. The van der Waals surface area contributed by atoms with E-state index in [1.165, 1.54) is 7.11 Å². The Morgan fingerprint density at radius 1 is 1.19 bits per heavy atom. The van der Waals surface area contributed by atoms with Crippen LogP contribution in [0.4, 0.5) is 5.69 Å². The van der Waals surface area contributed by atoms with Crippen molar-refractivity contribution >= 4 is 22.4 Å². The summed E-state index contributed by atoms with van der Waals surface area (Å²) in [5, 5.41) is 0.673. The minimum absolute atomic E-state index is 0.0954. The largest absolute Gasteiger partial charge is 0.496 e. The molecular formula is C20H16N2O4. The fraction of sp³-hybridized carbons (Fsp3) is 0.100. The number of hydrogen-bond acceptors (Lipinski definition) is 6. The third-order valence-electron chi connectivity index (χ3n) is 4.20. The Labute approximate surface area is 149 Å². The number of benzene rings is 2. The summed E-state index contributed by atoms with van der Waals surface area (Å²) < 4.78 is 16.3. The molecule has 4 aromatic rings. The average molecular weight is 348 g/mol. The molecule has 0 aliphatic carbocycles. The monoisotopic (exact) mass is 348 g/mol. The summed E-state index contributed by atoms with van der Waals surface area (Å²) in [5.74, 6) is 0.815. The Kier molecular flexibility index (Phi) is 3.73. The summed E-state index contributed by atoms with van der Waals surface area (Å²) in [7, 11) is 1.51. The number of hydrogen-bond donors (Lipinski definition) is 1. The van der Waals surface area contributed by atoms with E-state index in [4.69, 9.17) is 19.3 Å². The lowest BCUT2D eigenvalue weighted by atomic mass is 10.1. The van der Waals surface area contributed by atoms with Crippen molar-refractivity contribution in [2.75, 3.05) is 12.8 Å². The first-order valence-electron chi connectivity index (χ1n) is 8.00. The van der Waals surface area contributed by atoms with E-state index >= 15 is 0 Å². The summed E-state index contributed by atoms with van der Waals surface area (Å²) in [5.41, 5.74) is 8.90. The van der Waals surface area contributed by atoms with Gasteiger partial charge in [0.1, 0.15) is 23.3 Å². The SMILES string of the molecule is COc1ccccc1C(=O)c1oc2cc(-c3coc(C)n3)ccc2c1N. The van der Waals surface area contributed by atoms with E-state index in [9.17, 15) is 4.79 Å². The number of furan rings is 1. The van der Waals surface area contributed by atoms with Crippen molar-refractivity contribution in [3.8, 4) is 17.0 Å². The van der Waals surface area contributed by atoms with Gasteiger partial charge >= 0.3 is 0 Å². The third-order valence-corrected chi connectivity index (χ3v) is 4.20. The molecule has 0 saturated heterocycles. The molecule has 2 aromatic heterocycles. The fourth-order valence-electron chi connectivity index (χ4n) is 2.90. The summed E-state index contributed by atoms with van der Waals surface area (Å²) in [6.07, 6.45) is 1.57. The second kappa shape index (κ2) is 6.07. The van der Waals surface area contributed by atoms with Crippen molar-refractivity contribution in [3.63, 3.8) is 0 Å². The molecule has 0 aliphatic rings. The minimum Gasteiger partial charge on any atom is -0.496 e. The van der Waals surface area contributed by atoms with E-state index in [2.05, 4.69) is 4.98 Å². The standard InChI is InChI=1S/C20H16N2O4/c1-11-22-15(10-25-11)12-7-8-13-17(9-12)26-20(18(13)21)19(23)14-5-3-4-6-16(14)24-2/h3-10H,21H2,1-2H3. The van der Waals surface area contributed by atoms with Gasteiger partial charge in [-0.05, 0) is 24.3 Å². The summed E-state index contributed by atoms with van der Waals surface area (Å²) >= 11 is 0. The molecule has 2 N–H and O–H groups in total. The van der Waals surface area contributed by atoms with Crippen molar-refractivity contribution in [2.45, 2.75) is 6.92 Å². The van der Waals surface area contributed by atoms with Gasteiger partial charge < -0.3 is 19.3 Å². The predicted octanol–water partition coefficient (Wildman–Crippen LogP) is 4.22. The van der Waals surface area contributed by atoms with Crippen LogP contribution in [0.25, 0.3) is 22.2 Å². The maximum Gasteiger partial charge on any atom is 0.234 e. The van der Waals surface area contributed by atoms with Gasteiger partial charge in [-0.2, -0.15) is 0 Å². The predicted molar refractivity (Wildman–Crippen MR) is 97.3 cm³/mol. The highest BCUT2D eigenvalue weighted by molar-refractivity contribution is 6.15. The minimum atomic E-state index is -0.324. The number of carbonyl (C=O) groups excluding carboxylic acids is 1. The van der Waals surface area contributed by atoms with Crippen LogP contribution in [0.5, 0.6) is 5.75 Å². The quantitative estimate of drug-likeness (QED) is 0.555. The average Bonchev–Trinajstić information content (AvgIpc) is 3.24. The molecule has 0 spiro atoms. The second-order valence-corrected chi connectivity index (χ2v) is 5.84. The van der Waals surface area contributed by atoms with Gasteiger partial charge in [-0.15, -0.1) is 0 Å². The number of para-hydroxylation sites is 1. The number of rotatable bonds is 4. The number of nitrogens with two attached hydrogens (primary N) is 1. The molecule has 0 bridgehead atoms. The lowest BCUT2D eigenvalue weighted by Gasteiger charge is -2.05. The third kappa shape index (κ3) is 2.52. The number of ether oxygens (including phenoxy) is 1. The lowest BCUT2D eigenvalue weighted by Crippen LogP contribution is -2.05. The maximum atomic E-state index is 12.9. The molecule has 130 valence electrons. The van der Waals surface area contributed by atoms with Crippen LogP contribution in [-0.4, -0.2) is 17.9 Å². The van der Waals surface area contributed by atoms with Gasteiger partial charge in [0.05, 0.1) is 18.4 Å². The topological polar surface area (TPSA) is 91.5 Å². The number of nitrogens with zero attached hydrogens (tertiary/aromatic N) is 1. The van der Waals surface area contributed by atoms with Gasteiger partial charge in [-0.25, -0.2) is 4.98 Å². The van der Waals surface area contributed by atoms with E-state index in [1.807, 2.05) is 12.1 Å². The number of ketones is 1. The molecule has 2 heterocycles. The summed E-state index contributed by atoms with van der Waals surface area (Å²) in [6.45, 7) is 1.77. The normalized spacial score (nSPS) is 11.0. The molecule has 2 aromatic carbocycles. The molecule has 0 fully saturated rings. The zero-order valence-corrected chi connectivity index (χ0v) is 14.3. The molecule has 0 saturated carbocycles. The number of aryl methyl sites for hydroxylation is 1. The van der Waals surface area contributed by atoms with Crippen LogP contribution in [0.3, 0.4) is 0 Å². The first kappa shape index (κ1) is 16.0. The number of aromatic nitrogens is 1. The van der Waals surface area contributed by atoms with E-state index < -0.39 is 0 Å². The lowest BCUT2D eigenvalue weighted by molar-refractivity contribution is 0.101. The first-order chi connectivity index (χ1) is 12.6. The zero-order chi connectivity index (χ0) is 18.3. The Bertz CT molecular complexity index is 1120. The van der Waals surface area contributed by atoms with Crippen LogP contribution in [-0.2, 0) is 0 Å². The van der Waals surface area contributed by atoms with Gasteiger partial charge in [-0.3, -0.25) is 4.79 Å². The molecule has 0 radical (unpaired) electrons. The highest BCUT2D eigenvalue weighted by Crippen LogP contribution is 2.34. The number of carbonyl (C=O) groups is 1. The number of oxazole rings is 1. The van der Waals surface area contributed by atoms with Crippen LogP contribution in [0, 0.1) is 6.92 Å². The van der Waals surface area contributed by atoms with Gasteiger partial charge in [0.25, 0.3) is 0 Å². The molecular weight excluding hydrogens is 332 g/mol. The molecule has 6 nitrogen and oxygen atoms in total. The molecule has 6 heteroatoms. The molecule has 0 amide bonds. The van der Waals surface area contributed by atoms with Crippen LogP contribution < -0.4 is 10.5 Å². The van der Waals surface area contributed by atoms with Gasteiger partial charge in [0, 0.05) is 17.9 Å². The van der Waals surface area contributed by atoms with Crippen molar-refractivity contribution < 1.29 is 18.4 Å². The molecule has 0 unspecified atom stereocenters. The van der Waals surface area contributed by atoms with Crippen molar-refractivity contribution in [2.24, 2.45) is 0 Å². The second-order valence-electron chi connectivity index (χ2n) is 5.84. The molecule has 0 aliphatic heterocycles. The van der Waals surface area contributed by atoms with Crippen LogP contribution in [0.15, 0.2) is 57.6 Å². The van der Waals surface area contributed by atoms with E-state index in [-0.39, 0.29) is 11.5 Å². The van der Waals surface area contributed by atoms with Crippen molar-refractivity contribution in [1.29, 1.82) is 0 Å². The molecule has 4 rings (SSSR count). The van der Waals surface area contributed by atoms with E-state index in [1.54, 1.807) is 43.5 Å². The van der Waals surface area contributed by atoms with Gasteiger partial charge in [0.15, 0.2) is 11.7 Å². The van der Waals surface area contributed by atoms with Gasteiger partial charge in [-0.1, -0.05) is 18.2 Å². The smallest absolute Gasteiger partial charge is 0.234 e. The Morgan fingerprint density at radius 2 is 2.00 bits per heavy atom. The Hall–Kier alpha value is -3.54. The summed E-state index contributed by atoms with van der Waals surface area (Å²) in [4.78, 5) is 17.2. The number of methoxy groups -OCH3 is 1. The highest BCUT2D eigenvalue weighted by Gasteiger charge is 2.23. The van der Waals surface area contributed by atoms with Crippen LogP contribution >= 0.6 is 0 Å². The maximum absolute atomic E-state index is 12.9.